The largest absolute Gasteiger partial charge is 0.490 e. The number of hydrogen-bond acceptors (Lipinski definition) is 5. The Balaban J connectivity index is 1.78. The molecule has 1 atom stereocenters. The van der Waals surface area contributed by atoms with Crippen molar-refractivity contribution in [3.05, 3.63) is 24.3 Å². The summed E-state index contributed by atoms with van der Waals surface area (Å²) >= 11 is 0. The molecule has 0 aliphatic carbocycles. The van der Waals surface area contributed by atoms with Crippen molar-refractivity contribution in [1.82, 2.24) is 10.2 Å². The fraction of sp³-hybridized carbons (Fsp3) is 0.625. The van der Waals surface area contributed by atoms with Crippen molar-refractivity contribution in [1.29, 1.82) is 0 Å². The maximum Gasteiger partial charge on any atom is 0.161 e. The molecule has 1 unspecified atom stereocenters. The number of benzene rings is 1. The van der Waals surface area contributed by atoms with Crippen molar-refractivity contribution < 1.29 is 14.6 Å². The van der Waals surface area contributed by atoms with E-state index in [-0.39, 0.29) is 6.61 Å². The molecule has 0 amide bonds. The first kappa shape index (κ1) is 16.1. The molecule has 5 nitrogen and oxygen atoms in total. The molecule has 5 heteroatoms. The summed E-state index contributed by atoms with van der Waals surface area (Å²) < 4.78 is 11.4. The molecule has 1 heterocycles. The van der Waals surface area contributed by atoms with Gasteiger partial charge >= 0.3 is 0 Å². The van der Waals surface area contributed by atoms with Gasteiger partial charge in [0.2, 0.25) is 0 Å². The van der Waals surface area contributed by atoms with Crippen LogP contribution in [0.3, 0.4) is 0 Å². The van der Waals surface area contributed by atoms with Crippen molar-refractivity contribution in [2.45, 2.75) is 19.4 Å². The monoisotopic (exact) mass is 294 g/mol. The first-order valence-electron chi connectivity index (χ1n) is 7.75. The predicted octanol–water partition coefficient (Wildman–Crippen LogP) is 1.12. The van der Waals surface area contributed by atoms with Gasteiger partial charge in [0, 0.05) is 32.7 Å². The van der Waals surface area contributed by atoms with E-state index in [1.165, 1.54) is 0 Å². The van der Waals surface area contributed by atoms with Crippen LogP contribution < -0.4 is 14.8 Å². The molecule has 0 bridgehead atoms. The molecule has 21 heavy (non-hydrogen) atoms. The van der Waals surface area contributed by atoms with Crippen molar-refractivity contribution >= 4 is 0 Å². The second-order valence-electron chi connectivity index (χ2n) is 5.31. The summed E-state index contributed by atoms with van der Waals surface area (Å²) in [6.07, 6.45) is 0.474. The molecule has 1 aliphatic heterocycles. The van der Waals surface area contributed by atoms with Crippen molar-refractivity contribution in [3.8, 4) is 11.5 Å². The van der Waals surface area contributed by atoms with Crippen LogP contribution in [0.15, 0.2) is 24.3 Å². The number of nitrogens with one attached hydrogen (secondary N) is 1. The normalized spacial score (nSPS) is 17.4. The molecular formula is C16H26N2O3. The minimum absolute atomic E-state index is 0.288. The van der Waals surface area contributed by atoms with E-state index in [0.717, 1.165) is 38.3 Å². The second kappa shape index (κ2) is 8.87. The van der Waals surface area contributed by atoms with E-state index in [1.54, 1.807) is 0 Å². The zero-order valence-electron chi connectivity index (χ0n) is 12.8. The van der Waals surface area contributed by atoms with Gasteiger partial charge in [-0.25, -0.2) is 0 Å². The molecule has 0 spiro atoms. The second-order valence-corrected chi connectivity index (χ2v) is 5.31. The zero-order chi connectivity index (χ0) is 14.9. The smallest absolute Gasteiger partial charge is 0.161 e. The lowest BCUT2D eigenvalue weighted by Gasteiger charge is -2.29. The van der Waals surface area contributed by atoms with E-state index in [4.69, 9.17) is 9.47 Å². The van der Waals surface area contributed by atoms with Gasteiger partial charge in [0.15, 0.2) is 11.5 Å². The molecule has 0 radical (unpaired) electrons. The summed E-state index contributed by atoms with van der Waals surface area (Å²) in [5, 5.41) is 13.4. The van der Waals surface area contributed by atoms with Gasteiger partial charge in [0.05, 0.1) is 6.61 Å². The van der Waals surface area contributed by atoms with Gasteiger partial charge < -0.3 is 19.9 Å². The van der Waals surface area contributed by atoms with Crippen LogP contribution in [0.25, 0.3) is 0 Å². The molecule has 1 aromatic rings. The lowest BCUT2D eigenvalue weighted by molar-refractivity contribution is 0.0629. The molecular weight excluding hydrogens is 268 g/mol. The lowest BCUT2D eigenvalue weighted by Crippen LogP contribution is -2.47. The van der Waals surface area contributed by atoms with Gasteiger partial charge in [-0.15, -0.1) is 0 Å². The molecule has 2 rings (SSSR count). The maximum absolute atomic E-state index is 10.1. The van der Waals surface area contributed by atoms with E-state index in [9.17, 15) is 5.11 Å². The van der Waals surface area contributed by atoms with Crippen LogP contribution in [0.5, 0.6) is 11.5 Å². The van der Waals surface area contributed by atoms with Crippen LogP contribution in [0.4, 0.5) is 0 Å². The van der Waals surface area contributed by atoms with Gasteiger partial charge in [-0.3, -0.25) is 4.90 Å². The Kier molecular flexibility index (Phi) is 6.79. The van der Waals surface area contributed by atoms with Gasteiger partial charge in [-0.2, -0.15) is 0 Å². The molecule has 1 aromatic carbocycles. The standard InChI is InChI=1S/C16H26N2O3/c1-2-11-20-15-5-3-4-6-16(15)21-13-14(19)12-18-9-7-17-8-10-18/h3-6,14,17,19H,2,7-13H2,1H3. The maximum atomic E-state index is 10.1. The first-order valence-corrected chi connectivity index (χ1v) is 7.75. The van der Waals surface area contributed by atoms with Gasteiger partial charge in [-0.1, -0.05) is 19.1 Å². The highest BCUT2D eigenvalue weighted by Crippen LogP contribution is 2.26. The van der Waals surface area contributed by atoms with Crippen LogP contribution in [-0.4, -0.2) is 62.0 Å². The highest BCUT2D eigenvalue weighted by Gasteiger charge is 2.15. The number of ether oxygens (including phenoxy) is 2. The third-order valence-electron chi connectivity index (χ3n) is 3.42. The third kappa shape index (κ3) is 5.53. The quantitative estimate of drug-likeness (QED) is 0.752. The third-order valence-corrected chi connectivity index (χ3v) is 3.42. The molecule has 118 valence electrons. The fourth-order valence-electron chi connectivity index (χ4n) is 2.33. The van der Waals surface area contributed by atoms with Crippen LogP contribution in [0, 0.1) is 0 Å². The Morgan fingerprint density at radius 3 is 2.52 bits per heavy atom. The number of aliphatic hydroxyl groups excluding tert-OH is 1. The van der Waals surface area contributed by atoms with Gasteiger partial charge in [0.25, 0.3) is 0 Å². The van der Waals surface area contributed by atoms with Crippen LogP contribution in [0.2, 0.25) is 0 Å². The van der Waals surface area contributed by atoms with Crippen LogP contribution in [-0.2, 0) is 0 Å². The van der Waals surface area contributed by atoms with Gasteiger partial charge in [0.1, 0.15) is 12.7 Å². The minimum Gasteiger partial charge on any atom is -0.490 e. The Labute approximate surface area is 126 Å². The van der Waals surface area contributed by atoms with Crippen LogP contribution in [0.1, 0.15) is 13.3 Å². The van der Waals surface area contributed by atoms with Crippen molar-refractivity contribution in [3.63, 3.8) is 0 Å². The van der Waals surface area contributed by atoms with Gasteiger partial charge in [-0.05, 0) is 18.6 Å². The molecule has 0 aromatic heterocycles. The molecule has 2 N–H and O–H groups in total. The average Bonchev–Trinajstić information content (AvgIpc) is 2.52. The zero-order valence-corrected chi connectivity index (χ0v) is 12.8. The SMILES string of the molecule is CCCOc1ccccc1OCC(O)CN1CCNCC1. The Bertz CT molecular complexity index is 408. The number of piperazine rings is 1. The minimum atomic E-state index is -0.484. The van der Waals surface area contributed by atoms with Crippen molar-refractivity contribution in [2.24, 2.45) is 0 Å². The molecule has 1 saturated heterocycles. The predicted molar refractivity (Wildman–Crippen MR) is 83.0 cm³/mol. The number of β-amino-alcohol motifs (C(OH)–C–C–N with tert-alkyl or cyclic N) is 1. The van der Waals surface area contributed by atoms with Crippen molar-refractivity contribution in [2.75, 3.05) is 45.9 Å². The summed E-state index contributed by atoms with van der Waals surface area (Å²) in [5.41, 5.74) is 0. The summed E-state index contributed by atoms with van der Waals surface area (Å²) in [7, 11) is 0. The highest BCUT2D eigenvalue weighted by molar-refractivity contribution is 5.39. The van der Waals surface area contributed by atoms with E-state index < -0.39 is 6.10 Å². The van der Waals surface area contributed by atoms with E-state index >= 15 is 0 Å². The molecule has 0 saturated carbocycles. The number of para-hydroxylation sites is 2. The number of nitrogens with zero attached hydrogens (tertiary/aromatic N) is 1. The highest BCUT2D eigenvalue weighted by atomic mass is 16.5. The van der Waals surface area contributed by atoms with E-state index in [0.29, 0.717) is 18.9 Å². The summed E-state index contributed by atoms with van der Waals surface area (Å²) in [4.78, 5) is 2.25. The topological polar surface area (TPSA) is 54.0 Å². The average molecular weight is 294 g/mol. The molecule has 1 fully saturated rings. The van der Waals surface area contributed by atoms with Crippen LogP contribution >= 0.6 is 0 Å². The first-order chi connectivity index (χ1) is 10.3. The van der Waals surface area contributed by atoms with E-state index in [2.05, 4.69) is 17.1 Å². The lowest BCUT2D eigenvalue weighted by atomic mass is 10.3. The number of aliphatic hydroxyl groups is 1. The Hall–Kier alpha value is -1.30. The van der Waals surface area contributed by atoms with E-state index in [1.807, 2.05) is 24.3 Å². The molecule has 1 aliphatic rings. The number of rotatable bonds is 8. The number of hydrogen-bond donors (Lipinski definition) is 2. The summed E-state index contributed by atoms with van der Waals surface area (Å²) in [6.45, 7) is 7.61. The summed E-state index contributed by atoms with van der Waals surface area (Å²) in [5.74, 6) is 1.44. The Morgan fingerprint density at radius 1 is 1.19 bits per heavy atom. The Morgan fingerprint density at radius 2 is 1.86 bits per heavy atom. The fourth-order valence-corrected chi connectivity index (χ4v) is 2.33. The summed E-state index contributed by atoms with van der Waals surface area (Å²) in [6, 6.07) is 7.61.